The largest absolute Gasteiger partial charge is 0.376 e. The van der Waals surface area contributed by atoms with Gasteiger partial charge in [-0.2, -0.15) is 0 Å². The van der Waals surface area contributed by atoms with Crippen LogP contribution in [0.15, 0.2) is 24.3 Å². The molecule has 1 saturated heterocycles. The zero-order chi connectivity index (χ0) is 20.6. The van der Waals surface area contributed by atoms with Crippen molar-refractivity contribution in [3.8, 4) is 0 Å². The number of carbonyl (C=O) groups excluding carboxylic acids is 2. The number of ether oxygens (including phenoxy) is 1. The molecule has 3 amide bonds. The molecule has 1 N–H and O–H groups in total. The highest BCUT2D eigenvalue weighted by molar-refractivity contribution is 6.31. The Morgan fingerprint density at radius 1 is 1.10 bits per heavy atom. The minimum atomic E-state index is -0.0801. The van der Waals surface area contributed by atoms with Gasteiger partial charge in [0, 0.05) is 37.7 Å². The lowest BCUT2D eigenvalue weighted by Gasteiger charge is -2.35. The van der Waals surface area contributed by atoms with E-state index in [0.717, 1.165) is 12.0 Å². The van der Waals surface area contributed by atoms with Crippen molar-refractivity contribution in [2.75, 3.05) is 39.3 Å². The Hall–Kier alpha value is -1.79. The van der Waals surface area contributed by atoms with Crippen molar-refractivity contribution < 1.29 is 14.3 Å². The molecule has 0 bridgehead atoms. The number of urea groups is 1. The van der Waals surface area contributed by atoms with Crippen LogP contribution in [0.5, 0.6) is 0 Å². The molecule has 2 fully saturated rings. The fourth-order valence-electron chi connectivity index (χ4n) is 4.09. The van der Waals surface area contributed by atoms with Gasteiger partial charge in [0.2, 0.25) is 5.91 Å². The predicted octanol–water partition coefficient (Wildman–Crippen LogP) is 3.33. The third-order valence-electron chi connectivity index (χ3n) is 5.96. The summed E-state index contributed by atoms with van der Waals surface area (Å²) in [6.07, 6.45) is 5.51. The summed E-state index contributed by atoms with van der Waals surface area (Å²) in [6, 6.07) is 7.33. The molecule has 6 nitrogen and oxygen atoms in total. The van der Waals surface area contributed by atoms with Gasteiger partial charge in [-0.3, -0.25) is 4.79 Å². The first-order chi connectivity index (χ1) is 14.0. The fourth-order valence-corrected chi connectivity index (χ4v) is 4.29. The summed E-state index contributed by atoms with van der Waals surface area (Å²) >= 11 is 6.15. The van der Waals surface area contributed by atoms with Crippen molar-refractivity contribution in [1.82, 2.24) is 15.1 Å². The van der Waals surface area contributed by atoms with Crippen LogP contribution in [0.1, 0.15) is 38.2 Å². The molecule has 2 aliphatic rings. The quantitative estimate of drug-likeness (QED) is 0.716. The minimum absolute atomic E-state index is 0.0492. The van der Waals surface area contributed by atoms with Crippen molar-refractivity contribution >= 4 is 23.5 Å². The lowest BCUT2D eigenvalue weighted by molar-refractivity contribution is -0.131. The van der Waals surface area contributed by atoms with Crippen LogP contribution in [0.3, 0.4) is 0 Å². The lowest BCUT2D eigenvalue weighted by Crippen LogP contribution is -2.53. The molecular weight excluding hydrogens is 390 g/mol. The third kappa shape index (κ3) is 6.34. The van der Waals surface area contributed by atoms with Crippen molar-refractivity contribution in [2.24, 2.45) is 5.92 Å². The van der Waals surface area contributed by atoms with Crippen molar-refractivity contribution in [2.45, 2.75) is 45.1 Å². The van der Waals surface area contributed by atoms with Crippen LogP contribution in [0, 0.1) is 5.92 Å². The average Bonchev–Trinajstić information content (AvgIpc) is 2.74. The van der Waals surface area contributed by atoms with Gasteiger partial charge >= 0.3 is 6.03 Å². The monoisotopic (exact) mass is 421 g/mol. The molecule has 1 aliphatic heterocycles. The van der Waals surface area contributed by atoms with E-state index >= 15 is 0 Å². The number of carbonyl (C=O) groups is 2. The number of hydrogen-bond acceptors (Lipinski definition) is 3. The SMILES string of the molecule is CC1CCCCC1OCCNC(=O)N1CCN(C(=O)Cc2ccccc2Cl)CC1. The molecule has 7 heteroatoms. The highest BCUT2D eigenvalue weighted by Crippen LogP contribution is 2.26. The zero-order valence-corrected chi connectivity index (χ0v) is 18.0. The second-order valence-electron chi connectivity index (χ2n) is 8.04. The van der Waals surface area contributed by atoms with E-state index in [1.54, 1.807) is 15.9 Å². The summed E-state index contributed by atoms with van der Waals surface area (Å²) < 4.78 is 5.95. The maximum Gasteiger partial charge on any atom is 0.317 e. The molecule has 1 aromatic rings. The summed E-state index contributed by atoms with van der Waals surface area (Å²) in [5, 5.41) is 3.55. The van der Waals surface area contributed by atoms with Crippen LogP contribution in [0.25, 0.3) is 0 Å². The fraction of sp³-hybridized carbons (Fsp3) is 0.636. The summed E-state index contributed by atoms with van der Waals surface area (Å²) in [7, 11) is 0. The summed E-state index contributed by atoms with van der Waals surface area (Å²) in [4.78, 5) is 28.5. The van der Waals surface area contributed by atoms with Crippen LogP contribution in [0.2, 0.25) is 5.02 Å². The maximum absolute atomic E-state index is 12.5. The van der Waals surface area contributed by atoms with E-state index in [2.05, 4.69) is 12.2 Å². The molecule has 29 heavy (non-hydrogen) atoms. The molecular formula is C22H32ClN3O3. The number of nitrogens with one attached hydrogen (secondary N) is 1. The number of halogens is 1. The van der Waals surface area contributed by atoms with Crippen LogP contribution < -0.4 is 5.32 Å². The Morgan fingerprint density at radius 2 is 1.79 bits per heavy atom. The summed E-state index contributed by atoms with van der Waals surface area (Å²) in [6.45, 7) is 5.50. The Morgan fingerprint density at radius 3 is 2.52 bits per heavy atom. The van der Waals surface area contributed by atoms with E-state index < -0.39 is 0 Å². The van der Waals surface area contributed by atoms with Gasteiger partial charge in [-0.15, -0.1) is 0 Å². The smallest absolute Gasteiger partial charge is 0.317 e. The van der Waals surface area contributed by atoms with Crippen molar-refractivity contribution in [3.05, 3.63) is 34.9 Å². The molecule has 0 aromatic heterocycles. The molecule has 0 spiro atoms. The average molecular weight is 422 g/mol. The van der Waals surface area contributed by atoms with Gasteiger partial charge < -0.3 is 19.9 Å². The molecule has 160 valence electrons. The van der Waals surface area contributed by atoms with Gasteiger partial charge in [0.1, 0.15) is 0 Å². The molecule has 1 heterocycles. The molecule has 1 aromatic carbocycles. The number of benzene rings is 1. The van der Waals surface area contributed by atoms with Crippen molar-refractivity contribution in [3.63, 3.8) is 0 Å². The Bertz CT molecular complexity index is 692. The molecule has 0 radical (unpaired) electrons. The summed E-state index contributed by atoms with van der Waals surface area (Å²) in [5.74, 6) is 0.656. The first-order valence-electron chi connectivity index (χ1n) is 10.7. The number of piperazine rings is 1. The highest BCUT2D eigenvalue weighted by atomic mass is 35.5. The number of amides is 3. The van der Waals surface area contributed by atoms with Gasteiger partial charge in [0.05, 0.1) is 19.1 Å². The van der Waals surface area contributed by atoms with Crippen LogP contribution in [0.4, 0.5) is 4.79 Å². The van der Waals surface area contributed by atoms with Crippen molar-refractivity contribution in [1.29, 1.82) is 0 Å². The Balaban J connectivity index is 1.33. The molecule has 1 aliphatic carbocycles. The summed E-state index contributed by atoms with van der Waals surface area (Å²) in [5.41, 5.74) is 0.839. The molecule has 2 atom stereocenters. The molecule has 3 rings (SSSR count). The standard InChI is InChI=1S/C22H32ClN3O3/c1-17-6-2-5-9-20(17)29-15-10-24-22(28)26-13-11-25(12-14-26)21(27)16-18-7-3-4-8-19(18)23/h3-4,7-8,17,20H,2,5-6,9-16H2,1H3,(H,24,28). The van der Waals surface area contributed by atoms with Crippen LogP contribution in [-0.2, 0) is 16.0 Å². The second-order valence-corrected chi connectivity index (χ2v) is 8.45. The van der Waals surface area contributed by atoms with Crippen LogP contribution >= 0.6 is 11.6 Å². The van der Waals surface area contributed by atoms with Gasteiger partial charge in [0.15, 0.2) is 0 Å². The van der Waals surface area contributed by atoms with E-state index in [1.807, 2.05) is 18.2 Å². The second kappa shape index (κ2) is 10.8. The zero-order valence-electron chi connectivity index (χ0n) is 17.2. The van der Waals surface area contributed by atoms with E-state index in [4.69, 9.17) is 16.3 Å². The van der Waals surface area contributed by atoms with E-state index in [1.165, 1.54) is 19.3 Å². The number of nitrogens with zero attached hydrogens (tertiary/aromatic N) is 2. The third-order valence-corrected chi connectivity index (χ3v) is 6.33. The Labute approximate surface area is 178 Å². The number of rotatable bonds is 6. The van der Waals surface area contributed by atoms with Gasteiger partial charge in [-0.25, -0.2) is 4.79 Å². The van der Waals surface area contributed by atoms with Gasteiger partial charge in [0.25, 0.3) is 0 Å². The van der Waals surface area contributed by atoms with Gasteiger partial charge in [-0.1, -0.05) is 49.6 Å². The van der Waals surface area contributed by atoms with E-state index in [0.29, 0.717) is 62.8 Å². The Kier molecular flexibility index (Phi) is 8.19. The normalized spacial score (nSPS) is 22.4. The highest BCUT2D eigenvalue weighted by Gasteiger charge is 2.25. The van der Waals surface area contributed by atoms with Crippen LogP contribution in [-0.4, -0.2) is 67.2 Å². The first kappa shape index (κ1) is 21.9. The predicted molar refractivity (Wildman–Crippen MR) is 114 cm³/mol. The first-order valence-corrected chi connectivity index (χ1v) is 11.1. The van der Waals surface area contributed by atoms with E-state index in [9.17, 15) is 9.59 Å². The molecule has 2 unspecified atom stereocenters. The number of hydrogen-bond donors (Lipinski definition) is 1. The van der Waals surface area contributed by atoms with Gasteiger partial charge in [-0.05, 0) is 30.4 Å². The topological polar surface area (TPSA) is 61.9 Å². The lowest BCUT2D eigenvalue weighted by atomic mass is 9.88. The minimum Gasteiger partial charge on any atom is -0.376 e. The molecule has 1 saturated carbocycles. The maximum atomic E-state index is 12.5. The van der Waals surface area contributed by atoms with E-state index in [-0.39, 0.29) is 11.9 Å².